The first-order chi connectivity index (χ1) is 9.96. The van der Waals surface area contributed by atoms with Crippen LogP contribution in [0.2, 0.25) is 0 Å². The molecule has 0 radical (unpaired) electrons. The van der Waals surface area contributed by atoms with Crippen molar-refractivity contribution < 1.29 is 27.4 Å². The highest BCUT2D eigenvalue weighted by Gasteiger charge is 2.11. The van der Waals surface area contributed by atoms with E-state index < -0.39 is 16.0 Å². The van der Waals surface area contributed by atoms with Crippen LogP contribution in [-0.4, -0.2) is 47.1 Å². The molecule has 0 aliphatic carbocycles. The standard InChI is InChI=1S/C13H19NO6S/c1-3-19-7-8-21(16,17)14-11-5-4-6-12(9-11)20-10-13(15)18-2/h4-6,9,14H,3,7-8,10H2,1-2H3. The van der Waals surface area contributed by atoms with E-state index in [1.807, 2.05) is 0 Å². The Balaban J connectivity index is 2.61. The second-order valence-corrected chi connectivity index (χ2v) is 5.85. The van der Waals surface area contributed by atoms with Crippen LogP contribution >= 0.6 is 0 Å². The first kappa shape index (κ1) is 17.3. The number of hydrogen-bond donors (Lipinski definition) is 1. The summed E-state index contributed by atoms with van der Waals surface area (Å²) in [4.78, 5) is 11.0. The molecule has 1 N–H and O–H groups in total. The van der Waals surface area contributed by atoms with E-state index in [9.17, 15) is 13.2 Å². The zero-order chi connectivity index (χ0) is 15.7. The van der Waals surface area contributed by atoms with Gasteiger partial charge in [-0.15, -0.1) is 0 Å². The van der Waals surface area contributed by atoms with Gasteiger partial charge in [0.2, 0.25) is 10.0 Å². The van der Waals surface area contributed by atoms with Crippen LogP contribution in [0.15, 0.2) is 24.3 Å². The SMILES string of the molecule is CCOCCS(=O)(=O)Nc1cccc(OCC(=O)OC)c1. The molecule has 0 heterocycles. The molecule has 0 atom stereocenters. The van der Waals surface area contributed by atoms with Crippen LogP contribution in [0.4, 0.5) is 5.69 Å². The van der Waals surface area contributed by atoms with Crippen molar-refractivity contribution in [3.05, 3.63) is 24.3 Å². The summed E-state index contributed by atoms with van der Waals surface area (Å²) >= 11 is 0. The molecule has 0 bridgehead atoms. The Labute approximate surface area is 124 Å². The largest absolute Gasteiger partial charge is 0.482 e. The van der Waals surface area contributed by atoms with Gasteiger partial charge in [0.1, 0.15) is 5.75 Å². The van der Waals surface area contributed by atoms with E-state index in [1.165, 1.54) is 13.2 Å². The molecule has 7 nitrogen and oxygen atoms in total. The lowest BCUT2D eigenvalue weighted by molar-refractivity contribution is -0.142. The Hall–Kier alpha value is -1.80. The van der Waals surface area contributed by atoms with Crippen LogP contribution in [0.1, 0.15) is 6.92 Å². The summed E-state index contributed by atoms with van der Waals surface area (Å²) in [5.74, 6) is -0.281. The van der Waals surface area contributed by atoms with Gasteiger partial charge in [-0.2, -0.15) is 0 Å². The number of rotatable bonds is 9. The molecule has 0 unspecified atom stereocenters. The van der Waals surface area contributed by atoms with Crippen LogP contribution < -0.4 is 9.46 Å². The Morgan fingerprint density at radius 1 is 1.33 bits per heavy atom. The number of methoxy groups -OCH3 is 1. The third-order valence-corrected chi connectivity index (χ3v) is 3.64. The summed E-state index contributed by atoms with van der Waals surface area (Å²) in [6.07, 6.45) is 0. The third-order valence-electron chi connectivity index (χ3n) is 2.39. The van der Waals surface area contributed by atoms with Crippen molar-refractivity contribution in [3.63, 3.8) is 0 Å². The van der Waals surface area contributed by atoms with Gasteiger partial charge in [-0.05, 0) is 19.1 Å². The normalized spacial score (nSPS) is 11.0. The molecule has 0 aromatic heterocycles. The number of hydrogen-bond acceptors (Lipinski definition) is 6. The van der Waals surface area contributed by atoms with Gasteiger partial charge >= 0.3 is 5.97 Å². The summed E-state index contributed by atoms with van der Waals surface area (Å²) in [5.41, 5.74) is 0.355. The number of nitrogens with one attached hydrogen (secondary N) is 1. The summed E-state index contributed by atoms with van der Waals surface area (Å²) in [6.45, 7) is 2.15. The maximum absolute atomic E-state index is 11.8. The maximum Gasteiger partial charge on any atom is 0.343 e. The Bertz CT molecular complexity index is 558. The summed E-state index contributed by atoms with van der Waals surface area (Å²) < 4.78 is 40.6. The van der Waals surface area contributed by atoms with E-state index in [-0.39, 0.29) is 19.0 Å². The minimum atomic E-state index is -3.48. The number of benzene rings is 1. The molecule has 0 aliphatic rings. The number of carbonyl (C=O) groups is 1. The highest BCUT2D eigenvalue weighted by Crippen LogP contribution is 2.18. The van der Waals surface area contributed by atoms with Gasteiger partial charge < -0.3 is 14.2 Å². The Morgan fingerprint density at radius 2 is 2.10 bits per heavy atom. The van der Waals surface area contributed by atoms with Gasteiger partial charge in [-0.3, -0.25) is 4.72 Å². The van der Waals surface area contributed by atoms with Crippen molar-refractivity contribution in [2.45, 2.75) is 6.92 Å². The van der Waals surface area contributed by atoms with Gasteiger partial charge in [0.25, 0.3) is 0 Å². The Kier molecular flexibility index (Phi) is 6.97. The van der Waals surface area contributed by atoms with E-state index >= 15 is 0 Å². The van der Waals surface area contributed by atoms with Gasteiger partial charge in [0.15, 0.2) is 6.61 Å². The van der Waals surface area contributed by atoms with E-state index in [4.69, 9.17) is 9.47 Å². The highest BCUT2D eigenvalue weighted by atomic mass is 32.2. The molecule has 8 heteroatoms. The zero-order valence-electron chi connectivity index (χ0n) is 12.0. The molecule has 0 spiro atoms. The minimum Gasteiger partial charge on any atom is -0.482 e. The second kappa shape index (κ2) is 8.48. The number of carbonyl (C=O) groups excluding carboxylic acids is 1. The fourth-order valence-electron chi connectivity index (χ4n) is 1.39. The van der Waals surface area contributed by atoms with Gasteiger partial charge in [-0.1, -0.05) is 6.07 Å². The average molecular weight is 317 g/mol. The number of sulfonamides is 1. The summed E-state index contributed by atoms with van der Waals surface area (Å²) in [5, 5.41) is 0. The van der Waals surface area contributed by atoms with Crippen LogP contribution in [0.3, 0.4) is 0 Å². The molecule has 1 aromatic rings. The molecule has 0 aliphatic heterocycles. The van der Waals surface area contributed by atoms with E-state index in [1.54, 1.807) is 25.1 Å². The van der Waals surface area contributed by atoms with Crippen molar-refractivity contribution in [1.82, 2.24) is 0 Å². The van der Waals surface area contributed by atoms with Crippen LogP contribution in [-0.2, 0) is 24.3 Å². The quantitative estimate of drug-likeness (QED) is 0.540. The molecule has 118 valence electrons. The number of esters is 1. The van der Waals surface area contributed by atoms with E-state index in [0.717, 1.165) is 0 Å². The Morgan fingerprint density at radius 3 is 2.76 bits per heavy atom. The molecule has 0 saturated carbocycles. The third kappa shape index (κ3) is 6.96. The first-order valence-corrected chi connectivity index (χ1v) is 8.00. The van der Waals surface area contributed by atoms with Gasteiger partial charge in [0, 0.05) is 12.7 Å². The molecule has 1 rings (SSSR count). The van der Waals surface area contributed by atoms with Crippen molar-refractivity contribution in [2.24, 2.45) is 0 Å². The fourth-order valence-corrected chi connectivity index (χ4v) is 2.32. The van der Waals surface area contributed by atoms with E-state index in [2.05, 4.69) is 9.46 Å². The van der Waals surface area contributed by atoms with Crippen molar-refractivity contribution in [3.8, 4) is 5.75 Å². The van der Waals surface area contributed by atoms with Gasteiger partial charge in [-0.25, -0.2) is 13.2 Å². The predicted octanol–water partition coefficient (Wildman–Crippen LogP) is 1.02. The lowest BCUT2D eigenvalue weighted by Crippen LogP contribution is -2.20. The topological polar surface area (TPSA) is 90.9 Å². The molecular weight excluding hydrogens is 298 g/mol. The number of anilines is 1. The van der Waals surface area contributed by atoms with Crippen LogP contribution in [0, 0.1) is 0 Å². The van der Waals surface area contributed by atoms with Crippen molar-refractivity contribution in [2.75, 3.05) is 37.4 Å². The second-order valence-electron chi connectivity index (χ2n) is 4.01. The highest BCUT2D eigenvalue weighted by molar-refractivity contribution is 7.92. The molecular formula is C13H19NO6S. The predicted molar refractivity (Wildman–Crippen MR) is 77.9 cm³/mol. The molecule has 0 fully saturated rings. The number of ether oxygens (including phenoxy) is 3. The molecule has 0 amide bonds. The van der Waals surface area contributed by atoms with E-state index in [0.29, 0.717) is 18.0 Å². The van der Waals surface area contributed by atoms with Gasteiger partial charge in [0.05, 0.1) is 25.2 Å². The van der Waals surface area contributed by atoms with Crippen LogP contribution in [0.25, 0.3) is 0 Å². The maximum atomic E-state index is 11.8. The fraction of sp³-hybridized carbons (Fsp3) is 0.462. The monoisotopic (exact) mass is 317 g/mol. The lowest BCUT2D eigenvalue weighted by atomic mass is 10.3. The minimum absolute atomic E-state index is 0.129. The molecule has 0 saturated heterocycles. The molecule has 1 aromatic carbocycles. The van der Waals surface area contributed by atoms with Crippen molar-refractivity contribution in [1.29, 1.82) is 0 Å². The average Bonchev–Trinajstić information content (AvgIpc) is 2.44. The zero-order valence-corrected chi connectivity index (χ0v) is 12.8. The first-order valence-electron chi connectivity index (χ1n) is 6.34. The van der Waals surface area contributed by atoms with Crippen LogP contribution in [0.5, 0.6) is 5.75 Å². The summed E-state index contributed by atoms with van der Waals surface area (Å²) in [6, 6.07) is 6.30. The van der Waals surface area contributed by atoms with Crippen molar-refractivity contribution >= 4 is 21.7 Å². The summed E-state index contributed by atoms with van der Waals surface area (Å²) in [7, 11) is -2.22. The lowest BCUT2D eigenvalue weighted by Gasteiger charge is -2.10. The smallest absolute Gasteiger partial charge is 0.343 e. The molecule has 21 heavy (non-hydrogen) atoms.